The topological polar surface area (TPSA) is 38.0 Å². The van der Waals surface area contributed by atoms with Gasteiger partial charge in [-0.3, -0.25) is 0 Å². The molecular formula is C15H16BrClN2. The van der Waals surface area contributed by atoms with E-state index in [1.807, 2.05) is 36.4 Å². The summed E-state index contributed by atoms with van der Waals surface area (Å²) < 4.78 is 0.895. The lowest BCUT2D eigenvalue weighted by molar-refractivity contribution is 0.724. The van der Waals surface area contributed by atoms with Crippen LogP contribution in [0.25, 0.3) is 0 Å². The summed E-state index contributed by atoms with van der Waals surface area (Å²) in [5.74, 6) is 0. The SMILES string of the molecule is NCC(Cc1ccccc1)Nc1ccc(Br)c(Cl)c1. The van der Waals surface area contributed by atoms with Gasteiger partial charge in [0, 0.05) is 22.7 Å². The molecule has 0 aromatic heterocycles. The Morgan fingerprint density at radius 2 is 1.89 bits per heavy atom. The molecule has 0 amide bonds. The van der Waals surface area contributed by atoms with Crippen LogP contribution < -0.4 is 11.1 Å². The fourth-order valence-electron chi connectivity index (χ4n) is 1.91. The van der Waals surface area contributed by atoms with Gasteiger partial charge in [0.05, 0.1) is 5.02 Å². The van der Waals surface area contributed by atoms with Gasteiger partial charge >= 0.3 is 0 Å². The quantitative estimate of drug-likeness (QED) is 0.861. The highest BCUT2D eigenvalue weighted by Gasteiger charge is 2.08. The van der Waals surface area contributed by atoms with Crippen molar-refractivity contribution < 1.29 is 0 Å². The van der Waals surface area contributed by atoms with E-state index in [1.165, 1.54) is 5.56 Å². The van der Waals surface area contributed by atoms with E-state index in [2.05, 4.69) is 33.4 Å². The maximum Gasteiger partial charge on any atom is 0.0568 e. The highest BCUT2D eigenvalue weighted by molar-refractivity contribution is 9.10. The van der Waals surface area contributed by atoms with E-state index < -0.39 is 0 Å². The summed E-state index contributed by atoms with van der Waals surface area (Å²) in [7, 11) is 0. The third-order valence-electron chi connectivity index (χ3n) is 2.90. The van der Waals surface area contributed by atoms with Crippen LogP contribution in [-0.2, 0) is 6.42 Å². The molecule has 2 nitrogen and oxygen atoms in total. The number of rotatable bonds is 5. The molecule has 0 spiro atoms. The van der Waals surface area contributed by atoms with Gasteiger partial charge in [-0.25, -0.2) is 0 Å². The average molecular weight is 340 g/mol. The molecule has 1 unspecified atom stereocenters. The molecule has 3 N–H and O–H groups in total. The monoisotopic (exact) mass is 338 g/mol. The van der Waals surface area contributed by atoms with Gasteiger partial charge in [-0.1, -0.05) is 41.9 Å². The van der Waals surface area contributed by atoms with Crippen molar-refractivity contribution in [3.8, 4) is 0 Å². The minimum atomic E-state index is 0.194. The Morgan fingerprint density at radius 3 is 2.53 bits per heavy atom. The summed E-state index contributed by atoms with van der Waals surface area (Å²) in [5.41, 5.74) is 8.09. The van der Waals surface area contributed by atoms with Crippen molar-refractivity contribution in [2.24, 2.45) is 5.73 Å². The molecule has 1 atom stereocenters. The maximum atomic E-state index is 6.08. The van der Waals surface area contributed by atoms with E-state index >= 15 is 0 Å². The lowest BCUT2D eigenvalue weighted by Crippen LogP contribution is -2.31. The Kier molecular flexibility index (Phi) is 5.25. The van der Waals surface area contributed by atoms with Crippen LogP contribution >= 0.6 is 27.5 Å². The second-order valence-corrected chi connectivity index (χ2v) is 5.66. The van der Waals surface area contributed by atoms with Crippen molar-refractivity contribution in [3.63, 3.8) is 0 Å². The van der Waals surface area contributed by atoms with Gasteiger partial charge in [0.25, 0.3) is 0 Å². The van der Waals surface area contributed by atoms with Crippen LogP contribution in [0.3, 0.4) is 0 Å². The summed E-state index contributed by atoms with van der Waals surface area (Å²) in [6.45, 7) is 0.572. The predicted octanol–water partition coefficient (Wildman–Crippen LogP) is 4.08. The fraction of sp³-hybridized carbons (Fsp3) is 0.200. The van der Waals surface area contributed by atoms with E-state index in [1.54, 1.807) is 0 Å². The van der Waals surface area contributed by atoms with Crippen molar-refractivity contribution in [2.45, 2.75) is 12.5 Å². The Balaban J connectivity index is 2.04. The van der Waals surface area contributed by atoms with Gasteiger partial charge in [-0.05, 0) is 46.1 Å². The van der Waals surface area contributed by atoms with Crippen molar-refractivity contribution in [1.82, 2.24) is 0 Å². The molecule has 0 bridgehead atoms. The molecule has 100 valence electrons. The first kappa shape index (κ1) is 14.4. The largest absolute Gasteiger partial charge is 0.381 e. The Hall–Kier alpha value is -1.03. The molecule has 0 saturated heterocycles. The summed E-state index contributed by atoms with van der Waals surface area (Å²) in [6, 6.07) is 16.3. The van der Waals surface area contributed by atoms with E-state index in [9.17, 15) is 0 Å². The molecule has 2 rings (SSSR count). The number of nitrogens with one attached hydrogen (secondary N) is 1. The van der Waals surface area contributed by atoms with Crippen LogP contribution in [0.5, 0.6) is 0 Å². The van der Waals surface area contributed by atoms with Crippen LogP contribution in [0, 0.1) is 0 Å². The van der Waals surface area contributed by atoms with Crippen LogP contribution in [0.1, 0.15) is 5.56 Å². The first-order valence-electron chi connectivity index (χ1n) is 6.14. The van der Waals surface area contributed by atoms with E-state index in [4.69, 9.17) is 17.3 Å². The lowest BCUT2D eigenvalue weighted by Gasteiger charge is -2.18. The number of anilines is 1. The highest BCUT2D eigenvalue weighted by atomic mass is 79.9. The summed E-state index contributed by atoms with van der Waals surface area (Å²) in [4.78, 5) is 0. The first-order valence-corrected chi connectivity index (χ1v) is 7.31. The van der Waals surface area contributed by atoms with Gasteiger partial charge in [0.1, 0.15) is 0 Å². The third-order valence-corrected chi connectivity index (χ3v) is 4.13. The first-order chi connectivity index (χ1) is 9.19. The second kappa shape index (κ2) is 6.94. The fourth-order valence-corrected chi connectivity index (χ4v) is 2.34. The number of nitrogens with two attached hydrogens (primary N) is 1. The Labute approximate surface area is 127 Å². The van der Waals surface area contributed by atoms with Gasteiger partial charge in [0.2, 0.25) is 0 Å². The van der Waals surface area contributed by atoms with Crippen LogP contribution in [-0.4, -0.2) is 12.6 Å². The standard InChI is InChI=1S/C15H16BrClN2/c16-14-7-6-12(9-15(14)17)19-13(10-18)8-11-4-2-1-3-5-11/h1-7,9,13,19H,8,10,18H2. The molecule has 2 aromatic rings. The number of hydrogen-bond donors (Lipinski definition) is 2. The van der Waals surface area contributed by atoms with Gasteiger partial charge in [-0.2, -0.15) is 0 Å². The highest BCUT2D eigenvalue weighted by Crippen LogP contribution is 2.26. The van der Waals surface area contributed by atoms with Crippen molar-refractivity contribution >= 4 is 33.2 Å². The van der Waals surface area contributed by atoms with E-state index in [0.717, 1.165) is 16.6 Å². The average Bonchev–Trinajstić information content (AvgIpc) is 2.43. The molecule has 0 aliphatic rings. The molecule has 0 aliphatic heterocycles. The van der Waals surface area contributed by atoms with Crippen molar-refractivity contribution in [3.05, 3.63) is 63.6 Å². The zero-order valence-electron chi connectivity index (χ0n) is 10.4. The third kappa shape index (κ3) is 4.23. The van der Waals surface area contributed by atoms with Crippen molar-refractivity contribution in [1.29, 1.82) is 0 Å². The van der Waals surface area contributed by atoms with Crippen LogP contribution in [0.2, 0.25) is 5.02 Å². The molecule has 0 radical (unpaired) electrons. The Bertz CT molecular complexity index is 531. The van der Waals surface area contributed by atoms with Crippen molar-refractivity contribution in [2.75, 3.05) is 11.9 Å². The smallest absolute Gasteiger partial charge is 0.0568 e. The number of halogens is 2. The summed E-state index contributed by atoms with van der Waals surface area (Å²) >= 11 is 9.46. The molecule has 0 aliphatic carbocycles. The molecule has 19 heavy (non-hydrogen) atoms. The van der Waals surface area contributed by atoms with Gasteiger partial charge in [0.15, 0.2) is 0 Å². The normalized spacial score (nSPS) is 12.2. The number of benzene rings is 2. The minimum absolute atomic E-state index is 0.194. The predicted molar refractivity (Wildman–Crippen MR) is 85.8 cm³/mol. The molecule has 0 fully saturated rings. The van der Waals surface area contributed by atoms with Crippen LogP contribution in [0.15, 0.2) is 53.0 Å². The maximum absolute atomic E-state index is 6.08. The molecule has 0 heterocycles. The van der Waals surface area contributed by atoms with E-state index in [-0.39, 0.29) is 6.04 Å². The molecule has 2 aromatic carbocycles. The summed E-state index contributed by atoms with van der Waals surface area (Å²) in [6.07, 6.45) is 0.894. The number of hydrogen-bond acceptors (Lipinski definition) is 2. The Morgan fingerprint density at radius 1 is 1.16 bits per heavy atom. The molecule has 4 heteroatoms. The van der Waals surface area contributed by atoms with E-state index in [0.29, 0.717) is 11.6 Å². The zero-order valence-corrected chi connectivity index (χ0v) is 12.8. The lowest BCUT2D eigenvalue weighted by atomic mass is 10.1. The zero-order chi connectivity index (χ0) is 13.7. The van der Waals surface area contributed by atoms with Crippen LogP contribution in [0.4, 0.5) is 5.69 Å². The molecule has 0 saturated carbocycles. The molecular weight excluding hydrogens is 324 g/mol. The minimum Gasteiger partial charge on any atom is -0.381 e. The van der Waals surface area contributed by atoms with Gasteiger partial charge < -0.3 is 11.1 Å². The second-order valence-electron chi connectivity index (χ2n) is 4.40. The summed E-state index contributed by atoms with van der Waals surface area (Å²) in [5, 5.41) is 4.11. The van der Waals surface area contributed by atoms with Gasteiger partial charge in [-0.15, -0.1) is 0 Å².